The van der Waals surface area contributed by atoms with Gasteiger partial charge in [-0.25, -0.2) is 0 Å². The fraction of sp³-hybridized carbons (Fsp3) is 0.500. The van der Waals surface area contributed by atoms with Crippen LogP contribution in [0.5, 0.6) is 0 Å². The van der Waals surface area contributed by atoms with E-state index >= 15 is 0 Å². The van der Waals surface area contributed by atoms with E-state index in [4.69, 9.17) is 29.7 Å². The smallest absolute Gasteiger partial charge is 0.300 e. The molecular formula is C6H12FeO6. The van der Waals surface area contributed by atoms with E-state index in [1.54, 1.807) is 0 Å². The molecule has 0 saturated heterocycles. The Bertz CT molecular complexity index is 115. The normalized spacial score (nSPS) is 5.77. The van der Waals surface area contributed by atoms with Crippen LogP contribution >= 0.6 is 0 Å². The zero-order chi connectivity index (χ0) is 10.7. The molecule has 0 aliphatic heterocycles. The van der Waals surface area contributed by atoms with Crippen LogP contribution in [0.2, 0.25) is 0 Å². The quantitative estimate of drug-likeness (QED) is 0.520. The van der Waals surface area contributed by atoms with E-state index in [9.17, 15) is 0 Å². The van der Waals surface area contributed by atoms with Gasteiger partial charge in [-0.2, -0.15) is 0 Å². The average Bonchev–Trinajstić information content (AvgIpc) is 1.54. The molecule has 0 amide bonds. The molecule has 3 N–H and O–H groups in total. The minimum atomic E-state index is -0.833. The summed E-state index contributed by atoms with van der Waals surface area (Å²) >= 11 is 0. The van der Waals surface area contributed by atoms with Crippen LogP contribution in [0, 0.1) is 0 Å². The number of hydrogen-bond acceptors (Lipinski definition) is 3. The Morgan fingerprint density at radius 2 is 0.692 bits per heavy atom. The van der Waals surface area contributed by atoms with Crippen LogP contribution < -0.4 is 0 Å². The Labute approximate surface area is 86.0 Å². The molecule has 0 radical (unpaired) electrons. The fourth-order valence-corrected chi connectivity index (χ4v) is 0. The Morgan fingerprint density at radius 3 is 0.692 bits per heavy atom. The standard InChI is InChI=1S/3C2H4O2.Fe/c3*1-2(3)4;/h3*1H3,(H,3,4);. The number of carboxylic acid groups (broad SMARTS) is 3. The van der Waals surface area contributed by atoms with Gasteiger partial charge in [0.2, 0.25) is 0 Å². The van der Waals surface area contributed by atoms with Gasteiger partial charge in [0.1, 0.15) is 0 Å². The summed E-state index contributed by atoms with van der Waals surface area (Å²) in [5.41, 5.74) is 0. The first-order valence-electron chi connectivity index (χ1n) is 2.78. The second-order valence-electron chi connectivity index (χ2n) is 1.56. The molecule has 0 bridgehead atoms. The topological polar surface area (TPSA) is 112 Å². The third kappa shape index (κ3) is 760. The van der Waals surface area contributed by atoms with Gasteiger partial charge in [-0.3, -0.25) is 14.4 Å². The SMILES string of the molecule is CC(=O)O.CC(=O)O.CC(=O)O.[Fe]. The number of carbonyl (C=O) groups is 3. The third-order valence-electron chi connectivity index (χ3n) is 0. The van der Waals surface area contributed by atoms with Gasteiger partial charge in [-0.15, -0.1) is 0 Å². The van der Waals surface area contributed by atoms with Crippen LogP contribution in [0.4, 0.5) is 0 Å². The van der Waals surface area contributed by atoms with Gasteiger partial charge in [0, 0.05) is 37.8 Å². The Balaban J connectivity index is -0.0000000450. The first-order valence-corrected chi connectivity index (χ1v) is 2.78. The minimum absolute atomic E-state index is 0. The van der Waals surface area contributed by atoms with Crippen LogP contribution in [0.1, 0.15) is 20.8 Å². The molecule has 0 unspecified atom stereocenters. The van der Waals surface area contributed by atoms with E-state index in [-0.39, 0.29) is 17.1 Å². The van der Waals surface area contributed by atoms with Gasteiger partial charge >= 0.3 is 0 Å². The fourth-order valence-electron chi connectivity index (χ4n) is 0. The first-order chi connectivity index (χ1) is 5.20. The molecule has 80 valence electrons. The van der Waals surface area contributed by atoms with E-state index < -0.39 is 17.9 Å². The van der Waals surface area contributed by atoms with Crippen molar-refractivity contribution in [2.45, 2.75) is 20.8 Å². The number of rotatable bonds is 0. The van der Waals surface area contributed by atoms with Crippen LogP contribution in [0.25, 0.3) is 0 Å². The summed E-state index contributed by atoms with van der Waals surface area (Å²) in [5.74, 6) is -2.50. The van der Waals surface area contributed by atoms with Crippen molar-refractivity contribution >= 4 is 17.9 Å². The van der Waals surface area contributed by atoms with Crippen molar-refractivity contribution in [1.82, 2.24) is 0 Å². The summed E-state index contributed by atoms with van der Waals surface area (Å²) in [6.07, 6.45) is 0. The molecule has 0 spiro atoms. The van der Waals surface area contributed by atoms with Crippen molar-refractivity contribution in [3.8, 4) is 0 Å². The second kappa shape index (κ2) is 17.1. The zero-order valence-electron chi connectivity index (χ0n) is 7.42. The third-order valence-corrected chi connectivity index (χ3v) is 0. The van der Waals surface area contributed by atoms with Gasteiger partial charge in [0.15, 0.2) is 0 Å². The predicted octanol–water partition coefficient (Wildman–Crippen LogP) is 0.270. The predicted molar refractivity (Wildman–Crippen MR) is 39.9 cm³/mol. The summed E-state index contributed by atoms with van der Waals surface area (Å²) in [5, 5.41) is 22.2. The molecule has 0 aliphatic carbocycles. The van der Waals surface area contributed by atoms with E-state index in [0.717, 1.165) is 20.8 Å². The number of hydrogen-bond donors (Lipinski definition) is 3. The van der Waals surface area contributed by atoms with Crippen molar-refractivity contribution in [1.29, 1.82) is 0 Å². The van der Waals surface area contributed by atoms with E-state index in [1.165, 1.54) is 0 Å². The van der Waals surface area contributed by atoms with Crippen LogP contribution in [-0.4, -0.2) is 33.2 Å². The second-order valence-corrected chi connectivity index (χ2v) is 1.56. The maximum atomic E-state index is 9.00. The number of aliphatic carboxylic acids is 3. The van der Waals surface area contributed by atoms with Gasteiger partial charge in [-0.1, -0.05) is 0 Å². The van der Waals surface area contributed by atoms with Crippen molar-refractivity contribution in [2.24, 2.45) is 0 Å². The molecule has 7 heteroatoms. The van der Waals surface area contributed by atoms with Crippen molar-refractivity contribution in [3.05, 3.63) is 0 Å². The van der Waals surface area contributed by atoms with Gasteiger partial charge in [0.05, 0.1) is 0 Å². The summed E-state index contributed by atoms with van der Waals surface area (Å²) in [7, 11) is 0. The summed E-state index contributed by atoms with van der Waals surface area (Å²) in [6, 6.07) is 0. The van der Waals surface area contributed by atoms with Crippen molar-refractivity contribution < 1.29 is 46.8 Å². The molecule has 0 aromatic carbocycles. The Kier molecular flexibility index (Phi) is 29.9. The van der Waals surface area contributed by atoms with Gasteiger partial charge in [0.25, 0.3) is 17.9 Å². The molecule has 0 aromatic heterocycles. The minimum Gasteiger partial charge on any atom is -0.481 e. The first kappa shape index (κ1) is 22.7. The van der Waals surface area contributed by atoms with Crippen LogP contribution in [0.3, 0.4) is 0 Å². The molecule has 0 atom stereocenters. The molecule has 0 rings (SSSR count). The molecular weight excluding hydrogens is 224 g/mol. The molecule has 0 aromatic rings. The molecule has 6 nitrogen and oxygen atoms in total. The zero-order valence-corrected chi connectivity index (χ0v) is 8.52. The van der Waals surface area contributed by atoms with Crippen molar-refractivity contribution in [3.63, 3.8) is 0 Å². The largest absolute Gasteiger partial charge is 0.481 e. The molecule has 0 heterocycles. The summed E-state index contributed by atoms with van der Waals surface area (Å²) in [6.45, 7) is 3.25. The van der Waals surface area contributed by atoms with E-state index in [0.29, 0.717) is 0 Å². The maximum absolute atomic E-state index is 9.00. The molecule has 0 aliphatic rings. The summed E-state index contributed by atoms with van der Waals surface area (Å²) in [4.78, 5) is 27.0. The van der Waals surface area contributed by atoms with E-state index in [1.807, 2.05) is 0 Å². The maximum Gasteiger partial charge on any atom is 0.300 e. The molecule has 13 heavy (non-hydrogen) atoms. The Hall–Kier alpha value is -1.07. The molecule has 0 saturated carbocycles. The van der Waals surface area contributed by atoms with Gasteiger partial charge < -0.3 is 15.3 Å². The van der Waals surface area contributed by atoms with Crippen LogP contribution in [0.15, 0.2) is 0 Å². The van der Waals surface area contributed by atoms with Crippen LogP contribution in [-0.2, 0) is 31.5 Å². The summed E-state index contributed by atoms with van der Waals surface area (Å²) < 4.78 is 0. The molecule has 0 fully saturated rings. The van der Waals surface area contributed by atoms with E-state index in [2.05, 4.69) is 0 Å². The average molecular weight is 236 g/mol. The van der Waals surface area contributed by atoms with Gasteiger partial charge in [-0.05, 0) is 0 Å². The Morgan fingerprint density at radius 1 is 0.692 bits per heavy atom. The monoisotopic (exact) mass is 236 g/mol. The van der Waals surface area contributed by atoms with Crippen molar-refractivity contribution in [2.75, 3.05) is 0 Å². The number of carboxylic acids is 3.